The summed E-state index contributed by atoms with van der Waals surface area (Å²) in [6.07, 6.45) is 0. The van der Waals surface area contributed by atoms with E-state index in [-0.39, 0.29) is 13.2 Å². The molecule has 1 atom stereocenters. The first-order chi connectivity index (χ1) is 16.0. The maximum absolute atomic E-state index is 12.9. The normalized spacial score (nSPS) is 16.7. The molecule has 2 heterocycles. The largest absolute Gasteiger partial charge is 0.493 e. The molecule has 2 aromatic rings. The minimum atomic E-state index is -0.492. The molecule has 176 valence electrons. The Hall–Kier alpha value is -3.59. The molecule has 9 nitrogen and oxygen atoms in total. The summed E-state index contributed by atoms with van der Waals surface area (Å²) in [5.74, 6) is 1.56. The van der Waals surface area contributed by atoms with Crippen LogP contribution in [0.2, 0.25) is 0 Å². The van der Waals surface area contributed by atoms with Gasteiger partial charge in [0.2, 0.25) is 5.75 Å². The van der Waals surface area contributed by atoms with Gasteiger partial charge in [-0.05, 0) is 29.3 Å². The molecule has 0 saturated carbocycles. The Morgan fingerprint density at radius 3 is 2.06 bits per heavy atom. The first kappa shape index (κ1) is 22.6. The third-order valence-electron chi connectivity index (χ3n) is 5.96. The van der Waals surface area contributed by atoms with Gasteiger partial charge in [0.05, 0.1) is 53.4 Å². The van der Waals surface area contributed by atoms with Gasteiger partial charge in [0.15, 0.2) is 23.0 Å². The molecule has 0 radical (unpaired) electrons. The molecule has 1 unspecified atom stereocenters. The summed E-state index contributed by atoms with van der Waals surface area (Å²) in [5.41, 5.74) is 3.54. The summed E-state index contributed by atoms with van der Waals surface area (Å²) in [4.78, 5) is 14.8. The van der Waals surface area contributed by atoms with Crippen LogP contribution in [0, 0.1) is 0 Å². The predicted octanol–water partition coefficient (Wildman–Crippen LogP) is 2.48. The Morgan fingerprint density at radius 1 is 0.909 bits per heavy atom. The van der Waals surface area contributed by atoms with Crippen LogP contribution in [0.15, 0.2) is 35.5 Å². The number of nitrogens with zero attached hydrogens (tertiary/aromatic N) is 1. The van der Waals surface area contributed by atoms with E-state index in [0.717, 1.165) is 16.8 Å². The number of rotatable bonds is 8. The molecule has 0 amide bonds. The lowest BCUT2D eigenvalue weighted by atomic mass is 9.80. The molecule has 2 aliphatic rings. The highest BCUT2D eigenvalue weighted by molar-refractivity contribution is 5.98. The van der Waals surface area contributed by atoms with Crippen molar-refractivity contribution < 1.29 is 38.3 Å². The molecule has 0 saturated heterocycles. The monoisotopic (exact) mass is 457 g/mol. The fraction of sp³-hybridized carbons (Fsp3) is 0.375. The van der Waals surface area contributed by atoms with Crippen LogP contribution in [0.4, 0.5) is 5.69 Å². The van der Waals surface area contributed by atoms with Crippen LogP contribution in [-0.4, -0.2) is 66.4 Å². The maximum atomic E-state index is 12.9. The fourth-order valence-corrected chi connectivity index (χ4v) is 4.53. The van der Waals surface area contributed by atoms with Crippen molar-refractivity contribution in [2.75, 3.05) is 60.2 Å². The first-order valence-corrected chi connectivity index (χ1v) is 10.4. The molecular weight excluding hydrogens is 430 g/mol. The lowest BCUT2D eigenvalue weighted by molar-refractivity contribution is -0.136. The molecule has 33 heavy (non-hydrogen) atoms. The highest BCUT2D eigenvalue weighted by Crippen LogP contribution is 2.52. The van der Waals surface area contributed by atoms with E-state index in [4.69, 9.17) is 28.4 Å². The van der Waals surface area contributed by atoms with Crippen LogP contribution in [0.5, 0.6) is 28.7 Å². The average molecular weight is 457 g/mol. The Morgan fingerprint density at radius 2 is 1.52 bits per heavy atom. The zero-order chi connectivity index (χ0) is 23.7. The number of hydrogen-bond donors (Lipinski definition) is 1. The molecule has 0 aromatic heterocycles. The summed E-state index contributed by atoms with van der Waals surface area (Å²) in [5, 5.41) is 9.74. The average Bonchev–Trinajstić information content (AvgIpc) is 3.23. The second kappa shape index (κ2) is 9.11. The number of ether oxygens (including phenoxy) is 6. The summed E-state index contributed by atoms with van der Waals surface area (Å²) in [6.45, 7) is 0.302. The van der Waals surface area contributed by atoms with Crippen LogP contribution in [0.1, 0.15) is 17.0 Å². The van der Waals surface area contributed by atoms with Gasteiger partial charge < -0.3 is 38.4 Å². The number of benzene rings is 2. The summed E-state index contributed by atoms with van der Waals surface area (Å²) >= 11 is 0. The van der Waals surface area contributed by atoms with Crippen LogP contribution >= 0.6 is 0 Å². The van der Waals surface area contributed by atoms with Gasteiger partial charge in [-0.1, -0.05) is 0 Å². The van der Waals surface area contributed by atoms with Crippen molar-refractivity contribution in [2.24, 2.45) is 0 Å². The SMILES string of the molecule is COc1cc2c(cc1OC)N(CCO)C1=C(C(=O)OC1)C2c1cc(OC)c(OC)c(OC)c1. The Bertz CT molecular complexity index is 1080. The molecule has 9 heteroatoms. The molecule has 0 spiro atoms. The number of carbonyl (C=O) groups excluding carboxylic acids is 1. The van der Waals surface area contributed by atoms with E-state index in [1.54, 1.807) is 28.4 Å². The van der Waals surface area contributed by atoms with Gasteiger partial charge in [0, 0.05) is 24.2 Å². The number of aliphatic hydroxyl groups is 1. The fourth-order valence-electron chi connectivity index (χ4n) is 4.53. The quantitative estimate of drug-likeness (QED) is 0.600. The van der Waals surface area contributed by atoms with Crippen molar-refractivity contribution in [2.45, 2.75) is 5.92 Å². The number of anilines is 1. The van der Waals surface area contributed by atoms with E-state index in [9.17, 15) is 9.90 Å². The standard InChI is InChI=1S/C24H27NO8/c1-28-17-10-14-15(11-18(17)29-2)25(6-7-26)16-12-33-24(27)22(16)21(14)13-8-19(30-3)23(32-5)20(9-13)31-4/h8-11,21,26H,6-7,12H2,1-5H3. The van der Waals surface area contributed by atoms with Crippen molar-refractivity contribution in [1.82, 2.24) is 0 Å². The molecule has 1 N–H and O–H groups in total. The molecular formula is C24H27NO8. The van der Waals surface area contributed by atoms with Gasteiger partial charge in [-0.25, -0.2) is 4.79 Å². The van der Waals surface area contributed by atoms with Gasteiger partial charge in [0.1, 0.15) is 6.61 Å². The lowest BCUT2D eigenvalue weighted by Gasteiger charge is -2.36. The summed E-state index contributed by atoms with van der Waals surface area (Å²) in [6, 6.07) is 7.35. The minimum absolute atomic E-state index is 0.104. The molecule has 2 aromatic carbocycles. The number of fused-ring (bicyclic) bond motifs is 1. The van der Waals surface area contributed by atoms with Crippen molar-refractivity contribution in [3.63, 3.8) is 0 Å². The highest BCUT2D eigenvalue weighted by Gasteiger charge is 2.43. The van der Waals surface area contributed by atoms with Gasteiger partial charge >= 0.3 is 5.97 Å². The van der Waals surface area contributed by atoms with Crippen LogP contribution in [0.25, 0.3) is 0 Å². The van der Waals surface area contributed by atoms with Gasteiger partial charge in [0.25, 0.3) is 0 Å². The number of aliphatic hydroxyl groups excluding tert-OH is 1. The first-order valence-electron chi connectivity index (χ1n) is 10.4. The van der Waals surface area contributed by atoms with E-state index in [0.29, 0.717) is 46.6 Å². The van der Waals surface area contributed by atoms with E-state index in [1.807, 2.05) is 29.2 Å². The van der Waals surface area contributed by atoms with Crippen molar-refractivity contribution >= 4 is 11.7 Å². The Balaban J connectivity index is 2.03. The van der Waals surface area contributed by atoms with E-state index < -0.39 is 11.9 Å². The van der Waals surface area contributed by atoms with E-state index >= 15 is 0 Å². The second-order valence-corrected chi connectivity index (χ2v) is 7.47. The topological polar surface area (TPSA) is 95.9 Å². The second-order valence-electron chi connectivity index (χ2n) is 7.47. The van der Waals surface area contributed by atoms with E-state index in [1.165, 1.54) is 7.11 Å². The summed E-state index contributed by atoms with van der Waals surface area (Å²) < 4.78 is 33.1. The number of cyclic esters (lactones) is 1. The third kappa shape index (κ3) is 3.58. The number of carbonyl (C=O) groups is 1. The van der Waals surface area contributed by atoms with E-state index in [2.05, 4.69) is 0 Å². The Kier molecular flexibility index (Phi) is 6.24. The molecule has 4 rings (SSSR count). The van der Waals surface area contributed by atoms with Crippen molar-refractivity contribution in [3.05, 3.63) is 46.7 Å². The third-order valence-corrected chi connectivity index (χ3v) is 5.96. The highest BCUT2D eigenvalue weighted by atomic mass is 16.5. The zero-order valence-corrected chi connectivity index (χ0v) is 19.3. The Labute approximate surface area is 192 Å². The van der Waals surface area contributed by atoms with Gasteiger partial charge in [-0.3, -0.25) is 0 Å². The zero-order valence-electron chi connectivity index (χ0n) is 19.3. The van der Waals surface area contributed by atoms with Crippen molar-refractivity contribution in [1.29, 1.82) is 0 Å². The summed E-state index contributed by atoms with van der Waals surface area (Å²) in [7, 11) is 7.74. The number of β-amino-alcohol motifs (C(OH)–C–C–N with tert-alkyl or cyclic N) is 1. The number of methoxy groups -OCH3 is 5. The van der Waals surface area contributed by atoms with Crippen LogP contribution < -0.4 is 28.6 Å². The molecule has 0 bridgehead atoms. The van der Waals surface area contributed by atoms with Crippen molar-refractivity contribution in [3.8, 4) is 28.7 Å². The van der Waals surface area contributed by atoms with Crippen LogP contribution in [-0.2, 0) is 9.53 Å². The smallest absolute Gasteiger partial charge is 0.337 e. The molecule has 2 aliphatic heterocycles. The number of esters is 1. The van der Waals surface area contributed by atoms with Gasteiger partial charge in [-0.2, -0.15) is 0 Å². The maximum Gasteiger partial charge on any atom is 0.337 e. The van der Waals surface area contributed by atoms with Crippen LogP contribution in [0.3, 0.4) is 0 Å². The predicted molar refractivity (Wildman–Crippen MR) is 120 cm³/mol. The molecule has 0 aliphatic carbocycles. The van der Waals surface area contributed by atoms with Gasteiger partial charge in [-0.15, -0.1) is 0 Å². The molecule has 0 fully saturated rings. The lowest BCUT2D eigenvalue weighted by Crippen LogP contribution is -2.33. The number of hydrogen-bond acceptors (Lipinski definition) is 9. The minimum Gasteiger partial charge on any atom is -0.493 e.